The molecule has 2 aromatic heterocycles. The van der Waals surface area contributed by atoms with E-state index in [1.807, 2.05) is 25.3 Å². The van der Waals surface area contributed by atoms with Crippen LogP contribution in [0.1, 0.15) is 5.82 Å². The second-order valence-corrected chi connectivity index (χ2v) is 4.87. The second kappa shape index (κ2) is 5.32. The van der Waals surface area contributed by atoms with Gasteiger partial charge < -0.3 is 15.5 Å². The summed E-state index contributed by atoms with van der Waals surface area (Å²) in [6.45, 7) is 5.63. The standard InChI is InChI=1S/C14H18N6/c1-11-17-5-3-14(18-11)20-8-6-19(7-9-20)13-2-4-16-10-12(13)15/h2-5,10H,6-9,15H2,1H3. The third-order valence-electron chi connectivity index (χ3n) is 3.53. The van der Waals surface area contributed by atoms with Crippen molar-refractivity contribution in [2.45, 2.75) is 6.92 Å². The van der Waals surface area contributed by atoms with Crippen LogP contribution in [0, 0.1) is 6.92 Å². The van der Waals surface area contributed by atoms with Gasteiger partial charge in [-0.05, 0) is 19.1 Å². The molecule has 3 rings (SSSR count). The largest absolute Gasteiger partial charge is 0.396 e. The first-order valence-corrected chi connectivity index (χ1v) is 6.73. The van der Waals surface area contributed by atoms with Gasteiger partial charge in [-0.1, -0.05) is 0 Å². The van der Waals surface area contributed by atoms with Crippen LogP contribution < -0.4 is 15.5 Å². The number of nitrogen functional groups attached to an aromatic ring is 1. The number of hydrogen-bond acceptors (Lipinski definition) is 6. The number of rotatable bonds is 2. The summed E-state index contributed by atoms with van der Waals surface area (Å²) in [6, 6.07) is 3.93. The molecular formula is C14H18N6. The maximum atomic E-state index is 5.98. The van der Waals surface area contributed by atoms with E-state index in [-0.39, 0.29) is 0 Å². The van der Waals surface area contributed by atoms with Gasteiger partial charge in [-0.15, -0.1) is 0 Å². The minimum atomic E-state index is 0.735. The zero-order valence-electron chi connectivity index (χ0n) is 11.5. The molecule has 1 saturated heterocycles. The fraction of sp³-hybridized carbons (Fsp3) is 0.357. The van der Waals surface area contributed by atoms with E-state index < -0.39 is 0 Å². The van der Waals surface area contributed by atoms with Crippen molar-refractivity contribution in [3.8, 4) is 0 Å². The van der Waals surface area contributed by atoms with Crippen molar-refractivity contribution in [1.29, 1.82) is 0 Å². The molecule has 104 valence electrons. The van der Waals surface area contributed by atoms with Crippen molar-refractivity contribution >= 4 is 17.2 Å². The minimum Gasteiger partial charge on any atom is -0.396 e. The topological polar surface area (TPSA) is 71.2 Å². The molecule has 0 radical (unpaired) electrons. The highest BCUT2D eigenvalue weighted by Gasteiger charge is 2.19. The molecular weight excluding hydrogens is 252 g/mol. The number of aromatic nitrogens is 3. The molecule has 1 aliphatic heterocycles. The second-order valence-electron chi connectivity index (χ2n) is 4.87. The third-order valence-corrected chi connectivity index (χ3v) is 3.53. The third kappa shape index (κ3) is 2.49. The Hall–Kier alpha value is -2.37. The van der Waals surface area contributed by atoms with Crippen LogP contribution in [0.2, 0.25) is 0 Å². The first-order valence-electron chi connectivity index (χ1n) is 6.73. The van der Waals surface area contributed by atoms with Gasteiger partial charge in [0, 0.05) is 38.6 Å². The van der Waals surface area contributed by atoms with E-state index in [2.05, 4.69) is 24.8 Å². The lowest BCUT2D eigenvalue weighted by atomic mass is 10.2. The van der Waals surface area contributed by atoms with Crippen LogP contribution >= 0.6 is 0 Å². The van der Waals surface area contributed by atoms with Gasteiger partial charge in [0.05, 0.1) is 17.6 Å². The molecule has 6 nitrogen and oxygen atoms in total. The van der Waals surface area contributed by atoms with Crippen molar-refractivity contribution in [3.05, 3.63) is 36.5 Å². The number of nitrogens with two attached hydrogens (primary N) is 1. The molecule has 2 aromatic rings. The molecule has 20 heavy (non-hydrogen) atoms. The number of anilines is 3. The predicted octanol–water partition coefficient (Wildman–Crippen LogP) is 1.09. The van der Waals surface area contributed by atoms with Gasteiger partial charge in [-0.2, -0.15) is 0 Å². The summed E-state index contributed by atoms with van der Waals surface area (Å²) in [4.78, 5) is 17.2. The average molecular weight is 270 g/mol. The molecule has 0 aromatic carbocycles. The highest BCUT2D eigenvalue weighted by Crippen LogP contribution is 2.23. The zero-order chi connectivity index (χ0) is 13.9. The molecule has 3 heterocycles. The number of piperazine rings is 1. The SMILES string of the molecule is Cc1nccc(N2CCN(c3ccncc3N)CC2)n1. The Morgan fingerprint density at radius 2 is 1.80 bits per heavy atom. The molecule has 0 spiro atoms. The molecule has 0 saturated carbocycles. The summed E-state index contributed by atoms with van der Waals surface area (Å²) in [5.74, 6) is 1.81. The Labute approximate surface area is 118 Å². The Bertz CT molecular complexity index is 592. The Kier molecular flexibility index (Phi) is 3.37. The fourth-order valence-electron chi connectivity index (χ4n) is 2.48. The Balaban J connectivity index is 1.70. The van der Waals surface area contributed by atoms with Crippen LogP contribution in [0.4, 0.5) is 17.2 Å². The van der Waals surface area contributed by atoms with Crippen LogP contribution in [-0.2, 0) is 0 Å². The number of hydrogen-bond donors (Lipinski definition) is 1. The number of pyridine rings is 1. The smallest absolute Gasteiger partial charge is 0.132 e. The molecule has 0 aliphatic carbocycles. The van der Waals surface area contributed by atoms with Gasteiger partial charge in [0.25, 0.3) is 0 Å². The number of aryl methyl sites for hydroxylation is 1. The van der Waals surface area contributed by atoms with Gasteiger partial charge in [0.15, 0.2) is 0 Å². The first-order chi connectivity index (χ1) is 9.74. The lowest BCUT2D eigenvalue weighted by Gasteiger charge is -2.37. The predicted molar refractivity (Wildman–Crippen MR) is 79.8 cm³/mol. The molecule has 0 bridgehead atoms. The van der Waals surface area contributed by atoms with Crippen LogP contribution in [0.5, 0.6) is 0 Å². The van der Waals surface area contributed by atoms with E-state index >= 15 is 0 Å². The molecule has 0 atom stereocenters. The molecule has 2 N–H and O–H groups in total. The van der Waals surface area contributed by atoms with Gasteiger partial charge in [-0.25, -0.2) is 9.97 Å². The van der Waals surface area contributed by atoms with Gasteiger partial charge in [-0.3, -0.25) is 4.98 Å². The summed E-state index contributed by atoms with van der Waals surface area (Å²) in [6.07, 6.45) is 5.30. The van der Waals surface area contributed by atoms with Crippen LogP contribution in [0.3, 0.4) is 0 Å². The van der Waals surface area contributed by atoms with E-state index in [1.54, 1.807) is 12.4 Å². The highest BCUT2D eigenvalue weighted by molar-refractivity contribution is 5.66. The molecule has 1 fully saturated rings. The molecule has 0 amide bonds. The first kappa shape index (κ1) is 12.7. The number of nitrogens with zero attached hydrogens (tertiary/aromatic N) is 5. The Morgan fingerprint density at radius 3 is 2.50 bits per heavy atom. The van der Waals surface area contributed by atoms with E-state index in [9.17, 15) is 0 Å². The summed E-state index contributed by atoms with van der Waals surface area (Å²) in [7, 11) is 0. The minimum absolute atomic E-state index is 0.735. The maximum Gasteiger partial charge on any atom is 0.132 e. The van der Waals surface area contributed by atoms with E-state index in [0.717, 1.165) is 49.2 Å². The van der Waals surface area contributed by atoms with Crippen LogP contribution in [0.15, 0.2) is 30.7 Å². The summed E-state index contributed by atoms with van der Waals surface area (Å²) in [5.41, 5.74) is 7.78. The Morgan fingerprint density at radius 1 is 1.05 bits per heavy atom. The molecule has 6 heteroatoms. The summed E-state index contributed by atoms with van der Waals surface area (Å²) < 4.78 is 0. The van der Waals surface area contributed by atoms with Crippen molar-refractivity contribution in [3.63, 3.8) is 0 Å². The monoisotopic (exact) mass is 270 g/mol. The van der Waals surface area contributed by atoms with E-state index in [0.29, 0.717) is 0 Å². The van der Waals surface area contributed by atoms with Crippen molar-refractivity contribution in [1.82, 2.24) is 15.0 Å². The van der Waals surface area contributed by atoms with Gasteiger partial charge >= 0.3 is 0 Å². The van der Waals surface area contributed by atoms with Crippen molar-refractivity contribution in [2.24, 2.45) is 0 Å². The highest BCUT2D eigenvalue weighted by atomic mass is 15.3. The van der Waals surface area contributed by atoms with Crippen molar-refractivity contribution < 1.29 is 0 Å². The van der Waals surface area contributed by atoms with Gasteiger partial charge in [0.2, 0.25) is 0 Å². The lowest BCUT2D eigenvalue weighted by Crippen LogP contribution is -2.47. The van der Waals surface area contributed by atoms with Crippen molar-refractivity contribution in [2.75, 3.05) is 41.7 Å². The maximum absolute atomic E-state index is 5.98. The summed E-state index contributed by atoms with van der Waals surface area (Å²) in [5, 5.41) is 0. The average Bonchev–Trinajstić information content (AvgIpc) is 2.48. The van der Waals surface area contributed by atoms with Crippen LogP contribution in [0.25, 0.3) is 0 Å². The normalized spacial score (nSPS) is 15.4. The molecule has 1 aliphatic rings. The van der Waals surface area contributed by atoms with E-state index in [4.69, 9.17) is 5.73 Å². The molecule has 0 unspecified atom stereocenters. The van der Waals surface area contributed by atoms with Crippen LogP contribution in [-0.4, -0.2) is 41.1 Å². The fourth-order valence-corrected chi connectivity index (χ4v) is 2.48. The van der Waals surface area contributed by atoms with E-state index in [1.165, 1.54) is 0 Å². The summed E-state index contributed by atoms with van der Waals surface area (Å²) >= 11 is 0. The quantitative estimate of drug-likeness (QED) is 0.880. The lowest BCUT2D eigenvalue weighted by molar-refractivity contribution is 0.646. The zero-order valence-corrected chi connectivity index (χ0v) is 11.5. The van der Waals surface area contributed by atoms with Gasteiger partial charge in [0.1, 0.15) is 11.6 Å².